The molecular weight excluding hydrogens is 835 g/mol. The van der Waals surface area contributed by atoms with Gasteiger partial charge in [0.2, 0.25) is 11.8 Å². The van der Waals surface area contributed by atoms with Crippen LogP contribution in [0, 0.1) is 25.5 Å². The Kier molecular flexibility index (Phi) is 13.8. The predicted molar refractivity (Wildman–Crippen MR) is 232 cm³/mol. The summed E-state index contributed by atoms with van der Waals surface area (Å²) >= 11 is 0. The summed E-state index contributed by atoms with van der Waals surface area (Å²) in [4.78, 5) is 45.2. The van der Waals surface area contributed by atoms with Crippen LogP contribution in [0.1, 0.15) is 44.0 Å². The molecular formula is C46H44F2N6O10. The van der Waals surface area contributed by atoms with E-state index < -0.39 is 17.6 Å². The lowest BCUT2D eigenvalue weighted by atomic mass is 10.2. The number of carboxylic acids is 1. The topological polar surface area (TPSA) is 202 Å². The predicted octanol–water partition coefficient (Wildman–Crippen LogP) is 9.68. The number of nitrogens with one attached hydrogen (secondary N) is 2. The normalized spacial score (nSPS) is 11.0. The summed E-state index contributed by atoms with van der Waals surface area (Å²) in [7, 11) is 3.00. The van der Waals surface area contributed by atoms with E-state index in [-0.39, 0.29) is 48.7 Å². The Labute approximate surface area is 364 Å². The SMILES string of the molecule is CCOC(=O)CCCOc1cc2ncnc(Oc3ccc4[nH]c(C)cc4c3F)c2cc1OC.COc1cc2c(Oc3ccc4[nH]c(C)cc4c3F)ncnc2cc1OCCCC(=O)O. The molecule has 0 fully saturated rings. The van der Waals surface area contributed by atoms with Gasteiger partial charge in [-0.25, -0.2) is 28.7 Å². The molecule has 332 valence electrons. The fourth-order valence-corrected chi connectivity index (χ4v) is 6.77. The number of methoxy groups -OCH3 is 2. The lowest BCUT2D eigenvalue weighted by molar-refractivity contribution is -0.143. The highest BCUT2D eigenvalue weighted by atomic mass is 19.1. The van der Waals surface area contributed by atoms with Crippen LogP contribution < -0.4 is 28.4 Å². The quantitative estimate of drug-likeness (QED) is 0.0576. The van der Waals surface area contributed by atoms with Crippen LogP contribution in [-0.2, 0) is 14.3 Å². The maximum atomic E-state index is 15.0. The number of aryl methyl sites for hydroxylation is 2. The number of hydrogen-bond acceptors (Lipinski definition) is 13. The molecule has 4 aromatic heterocycles. The lowest BCUT2D eigenvalue weighted by Crippen LogP contribution is -2.07. The van der Waals surface area contributed by atoms with Crippen LogP contribution in [0.5, 0.6) is 46.3 Å². The van der Waals surface area contributed by atoms with Gasteiger partial charge in [0.05, 0.1) is 55.8 Å². The van der Waals surface area contributed by atoms with Crippen molar-refractivity contribution in [2.75, 3.05) is 34.0 Å². The fraction of sp³-hybridized carbons (Fsp3) is 0.261. The Hall–Kier alpha value is -7.76. The van der Waals surface area contributed by atoms with E-state index in [4.69, 9.17) is 38.3 Å². The highest BCUT2D eigenvalue weighted by Crippen LogP contribution is 2.39. The molecule has 8 aromatic rings. The second kappa shape index (κ2) is 20.0. The zero-order chi connectivity index (χ0) is 45.3. The highest BCUT2D eigenvalue weighted by Gasteiger charge is 2.19. The van der Waals surface area contributed by atoms with Crippen LogP contribution >= 0.6 is 0 Å². The third-order valence-electron chi connectivity index (χ3n) is 9.74. The summed E-state index contributed by atoms with van der Waals surface area (Å²) in [5.41, 5.74) is 4.13. The third kappa shape index (κ3) is 10.1. The van der Waals surface area contributed by atoms with Gasteiger partial charge in [0.25, 0.3) is 0 Å². The van der Waals surface area contributed by atoms with E-state index in [0.29, 0.717) is 92.7 Å². The van der Waals surface area contributed by atoms with Gasteiger partial charge in [0.1, 0.15) is 12.7 Å². The third-order valence-corrected chi connectivity index (χ3v) is 9.74. The number of aromatic amines is 2. The average Bonchev–Trinajstić information content (AvgIpc) is 3.87. The maximum Gasteiger partial charge on any atom is 0.305 e. The van der Waals surface area contributed by atoms with Gasteiger partial charge in [-0.15, -0.1) is 0 Å². The zero-order valence-electron chi connectivity index (χ0n) is 35.5. The number of benzene rings is 4. The number of H-pyrrole nitrogens is 2. The number of ether oxygens (including phenoxy) is 7. The number of hydrogen-bond donors (Lipinski definition) is 3. The van der Waals surface area contributed by atoms with E-state index in [0.717, 1.165) is 11.4 Å². The summed E-state index contributed by atoms with van der Waals surface area (Å²) < 4.78 is 68.8. The minimum absolute atomic E-state index is 0.00658. The minimum Gasteiger partial charge on any atom is -0.493 e. The van der Waals surface area contributed by atoms with Crippen molar-refractivity contribution in [1.29, 1.82) is 0 Å². The number of esters is 1. The first kappa shape index (κ1) is 44.3. The Morgan fingerprint density at radius 2 is 1.08 bits per heavy atom. The van der Waals surface area contributed by atoms with Crippen LogP contribution in [0.3, 0.4) is 0 Å². The largest absolute Gasteiger partial charge is 0.493 e. The van der Waals surface area contributed by atoms with Crippen molar-refractivity contribution in [3.63, 3.8) is 0 Å². The Bertz CT molecular complexity index is 2970. The number of carbonyl (C=O) groups excluding carboxylic acids is 1. The lowest BCUT2D eigenvalue weighted by Gasteiger charge is -2.13. The van der Waals surface area contributed by atoms with E-state index in [1.54, 1.807) is 67.6 Å². The molecule has 16 nitrogen and oxygen atoms in total. The standard InChI is InChI=1S/C24H24FN3O5.C22H20FN3O5/c1-4-31-22(29)6-5-9-32-21-12-18-16(11-20(21)30-3)24(27-13-26-18)33-19-8-7-17-15(23(19)25)10-14(2)28-17;1-12-8-13-15(26-12)5-6-17(21(13)23)31-22-14-9-18(29-2)19(10-16(14)24-11-25-22)30-7-3-4-20(27)28/h7-8,10-13,28H,4-6,9H2,1-3H3;5-6,8-11,26H,3-4,7H2,1-2H3,(H,27,28). The summed E-state index contributed by atoms with van der Waals surface area (Å²) in [6.45, 7) is 6.35. The molecule has 0 unspecified atom stereocenters. The molecule has 0 spiro atoms. The van der Waals surface area contributed by atoms with E-state index in [1.165, 1.54) is 26.9 Å². The summed E-state index contributed by atoms with van der Waals surface area (Å²) in [5.74, 6) is 0.0776. The molecule has 64 heavy (non-hydrogen) atoms. The summed E-state index contributed by atoms with van der Waals surface area (Å²) in [6.07, 6.45) is 3.78. The molecule has 0 saturated carbocycles. The second-order valence-electron chi connectivity index (χ2n) is 14.3. The van der Waals surface area contributed by atoms with Crippen LogP contribution in [0.25, 0.3) is 43.6 Å². The van der Waals surface area contributed by atoms with Crippen molar-refractivity contribution in [2.24, 2.45) is 0 Å². The molecule has 4 aromatic carbocycles. The van der Waals surface area contributed by atoms with E-state index >= 15 is 0 Å². The van der Waals surface area contributed by atoms with Gasteiger partial charge >= 0.3 is 11.9 Å². The number of halogens is 2. The number of fused-ring (bicyclic) bond motifs is 4. The van der Waals surface area contributed by atoms with Gasteiger partial charge < -0.3 is 48.2 Å². The molecule has 0 radical (unpaired) electrons. The van der Waals surface area contributed by atoms with Crippen LogP contribution in [-0.4, -0.2) is 81.0 Å². The van der Waals surface area contributed by atoms with Crippen molar-refractivity contribution in [1.82, 2.24) is 29.9 Å². The van der Waals surface area contributed by atoms with Crippen LogP contribution in [0.2, 0.25) is 0 Å². The van der Waals surface area contributed by atoms with Gasteiger partial charge in [-0.05, 0) is 82.1 Å². The van der Waals surface area contributed by atoms with Gasteiger partial charge in [-0.2, -0.15) is 0 Å². The number of nitrogens with zero attached hydrogens (tertiary/aromatic N) is 4. The molecule has 0 saturated heterocycles. The molecule has 0 bridgehead atoms. The van der Waals surface area contributed by atoms with E-state index in [2.05, 4.69) is 29.9 Å². The molecule has 0 aliphatic carbocycles. The first-order chi connectivity index (χ1) is 31.0. The molecule has 0 aliphatic heterocycles. The second-order valence-corrected chi connectivity index (χ2v) is 14.3. The number of carbonyl (C=O) groups is 2. The van der Waals surface area contributed by atoms with Crippen LogP contribution in [0.15, 0.2) is 73.3 Å². The van der Waals surface area contributed by atoms with Crippen molar-refractivity contribution >= 4 is 55.6 Å². The summed E-state index contributed by atoms with van der Waals surface area (Å²) in [5, 5.41) is 10.7. The van der Waals surface area contributed by atoms with Gasteiger partial charge in [0, 0.05) is 58.2 Å². The number of aromatic nitrogens is 6. The summed E-state index contributed by atoms with van der Waals surface area (Å²) in [6, 6.07) is 16.7. The van der Waals surface area contributed by atoms with E-state index in [1.807, 2.05) is 13.8 Å². The molecule has 0 atom stereocenters. The van der Waals surface area contributed by atoms with Crippen molar-refractivity contribution in [2.45, 2.75) is 46.5 Å². The molecule has 4 heterocycles. The number of carboxylic acid groups (broad SMARTS) is 1. The fourth-order valence-electron chi connectivity index (χ4n) is 6.77. The average molecular weight is 879 g/mol. The van der Waals surface area contributed by atoms with Crippen LogP contribution in [0.4, 0.5) is 8.78 Å². The van der Waals surface area contributed by atoms with Crippen molar-refractivity contribution < 1.29 is 56.6 Å². The molecule has 0 amide bonds. The molecule has 8 rings (SSSR count). The monoisotopic (exact) mass is 878 g/mol. The minimum atomic E-state index is -0.885. The molecule has 18 heteroatoms. The van der Waals surface area contributed by atoms with Crippen molar-refractivity contribution in [3.05, 3.63) is 96.3 Å². The Balaban J connectivity index is 0.000000192. The first-order valence-corrected chi connectivity index (χ1v) is 20.2. The zero-order valence-corrected chi connectivity index (χ0v) is 35.5. The Morgan fingerprint density at radius 3 is 1.52 bits per heavy atom. The maximum absolute atomic E-state index is 15.0. The Morgan fingerprint density at radius 1 is 0.609 bits per heavy atom. The number of aliphatic carboxylic acids is 1. The van der Waals surface area contributed by atoms with Gasteiger partial charge in [-0.1, -0.05) is 0 Å². The highest BCUT2D eigenvalue weighted by molar-refractivity contribution is 5.89. The van der Waals surface area contributed by atoms with Gasteiger partial charge in [-0.3, -0.25) is 9.59 Å². The number of rotatable bonds is 17. The molecule has 0 aliphatic rings. The van der Waals surface area contributed by atoms with E-state index in [9.17, 15) is 18.4 Å². The smallest absolute Gasteiger partial charge is 0.305 e. The first-order valence-electron chi connectivity index (χ1n) is 20.2. The van der Waals surface area contributed by atoms with Crippen molar-refractivity contribution in [3.8, 4) is 46.3 Å². The van der Waals surface area contributed by atoms with Gasteiger partial charge in [0.15, 0.2) is 46.1 Å². The molecule has 3 N–H and O–H groups in total.